The topological polar surface area (TPSA) is 57.6 Å². The number of hydrogen-bond acceptors (Lipinski definition) is 2. The van der Waals surface area contributed by atoms with E-state index in [-0.39, 0.29) is 17.9 Å². The Bertz CT molecular complexity index is 649. The summed E-state index contributed by atoms with van der Waals surface area (Å²) in [6, 6.07) is 0.616. The molecule has 1 aliphatic carbocycles. The molecule has 0 bridgehead atoms. The monoisotopic (exact) mass is 313 g/mol. The number of carboxylic acid groups (broad SMARTS) is 1. The summed E-state index contributed by atoms with van der Waals surface area (Å²) in [6.07, 6.45) is 1.24. The molecule has 1 unspecified atom stereocenters. The second kappa shape index (κ2) is 5.30. The predicted octanol–water partition coefficient (Wildman–Crippen LogP) is 2.49. The fourth-order valence-electron chi connectivity index (χ4n) is 3.13. The Morgan fingerprint density at radius 2 is 1.91 bits per heavy atom. The van der Waals surface area contributed by atoms with Crippen molar-refractivity contribution in [2.75, 3.05) is 6.54 Å². The van der Waals surface area contributed by atoms with Gasteiger partial charge in [0.25, 0.3) is 0 Å². The number of nitrogens with zero attached hydrogens (tertiary/aromatic N) is 1. The maximum atomic E-state index is 13.9. The van der Waals surface area contributed by atoms with E-state index >= 15 is 0 Å². The van der Waals surface area contributed by atoms with Crippen molar-refractivity contribution in [2.24, 2.45) is 11.8 Å². The lowest BCUT2D eigenvalue weighted by atomic mass is 10.0. The van der Waals surface area contributed by atoms with E-state index < -0.39 is 41.3 Å². The van der Waals surface area contributed by atoms with Crippen LogP contribution in [0.5, 0.6) is 0 Å². The van der Waals surface area contributed by atoms with Gasteiger partial charge in [0.2, 0.25) is 5.91 Å². The van der Waals surface area contributed by atoms with Gasteiger partial charge in [-0.3, -0.25) is 9.59 Å². The maximum Gasteiger partial charge on any atom is 0.307 e. The minimum Gasteiger partial charge on any atom is -0.481 e. The summed E-state index contributed by atoms with van der Waals surface area (Å²) < 4.78 is 40.6. The zero-order valence-electron chi connectivity index (χ0n) is 11.6. The van der Waals surface area contributed by atoms with Crippen LogP contribution in [-0.4, -0.2) is 28.4 Å². The Labute approximate surface area is 124 Å². The van der Waals surface area contributed by atoms with Crippen molar-refractivity contribution >= 4 is 11.9 Å². The number of carbonyl (C=O) groups is 2. The van der Waals surface area contributed by atoms with Crippen LogP contribution in [0, 0.1) is 29.3 Å². The molecule has 1 heterocycles. The van der Waals surface area contributed by atoms with E-state index in [9.17, 15) is 22.8 Å². The Morgan fingerprint density at radius 1 is 1.18 bits per heavy atom. The van der Waals surface area contributed by atoms with Crippen molar-refractivity contribution in [2.45, 2.75) is 25.3 Å². The molecule has 1 saturated carbocycles. The third kappa shape index (κ3) is 2.44. The van der Waals surface area contributed by atoms with Gasteiger partial charge >= 0.3 is 5.97 Å². The lowest BCUT2D eigenvalue weighted by molar-refractivity contribution is -0.142. The van der Waals surface area contributed by atoms with E-state index in [1.165, 1.54) is 4.90 Å². The van der Waals surface area contributed by atoms with Gasteiger partial charge in [0.1, 0.15) is 5.82 Å². The van der Waals surface area contributed by atoms with E-state index in [2.05, 4.69) is 0 Å². The maximum absolute atomic E-state index is 13.9. The van der Waals surface area contributed by atoms with Crippen molar-refractivity contribution in [1.82, 2.24) is 4.90 Å². The molecule has 7 heteroatoms. The van der Waals surface area contributed by atoms with Gasteiger partial charge in [-0.05, 0) is 25.3 Å². The predicted molar refractivity (Wildman–Crippen MR) is 69.2 cm³/mol. The molecule has 0 radical (unpaired) electrons. The number of benzene rings is 1. The van der Waals surface area contributed by atoms with Crippen LogP contribution in [0.15, 0.2) is 12.1 Å². The molecule has 1 N–H and O–H groups in total. The van der Waals surface area contributed by atoms with Crippen molar-refractivity contribution in [3.05, 3.63) is 35.1 Å². The summed E-state index contributed by atoms with van der Waals surface area (Å²) in [5.74, 6) is -6.07. The molecule has 0 spiro atoms. The Morgan fingerprint density at radius 3 is 2.55 bits per heavy atom. The Kier molecular flexibility index (Phi) is 3.58. The number of aliphatic carboxylic acids is 1. The highest BCUT2D eigenvalue weighted by molar-refractivity contribution is 5.89. The molecule has 22 heavy (non-hydrogen) atoms. The SMILES string of the molecule is O=C(O)[C@@H]1C[C@H]1C(=O)N1CCCC1c1cc(F)cc(F)c1F. The zero-order valence-corrected chi connectivity index (χ0v) is 11.6. The third-order valence-electron chi connectivity index (χ3n) is 4.34. The van der Waals surface area contributed by atoms with Crippen molar-refractivity contribution in [3.8, 4) is 0 Å². The first-order chi connectivity index (χ1) is 10.4. The first-order valence-corrected chi connectivity index (χ1v) is 7.08. The van der Waals surface area contributed by atoms with Crippen LogP contribution in [0.4, 0.5) is 13.2 Å². The van der Waals surface area contributed by atoms with E-state index in [1.54, 1.807) is 0 Å². The lowest BCUT2D eigenvalue weighted by Crippen LogP contribution is -2.33. The minimum absolute atomic E-state index is 0.184. The standard InChI is InChI=1S/C15H14F3NO3/c16-7-4-10(13(18)11(17)5-7)12-2-1-3-19(12)14(20)8-6-9(8)15(21)22/h4-5,8-9,12H,1-3,6H2,(H,21,22)/t8-,9-,12?/m1/s1. The molecule has 3 rings (SSSR count). The smallest absolute Gasteiger partial charge is 0.307 e. The Hall–Kier alpha value is -2.05. The van der Waals surface area contributed by atoms with Crippen molar-refractivity contribution in [3.63, 3.8) is 0 Å². The molecule has 1 aliphatic heterocycles. The number of carboxylic acids is 1. The second-order valence-corrected chi connectivity index (χ2v) is 5.77. The van der Waals surface area contributed by atoms with Gasteiger partial charge in [0.05, 0.1) is 17.9 Å². The number of carbonyl (C=O) groups excluding carboxylic acids is 1. The van der Waals surface area contributed by atoms with Gasteiger partial charge in [0.15, 0.2) is 11.6 Å². The van der Waals surface area contributed by atoms with Crippen LogP contribution in [0.25, 0.3) is 0 Å². The minimum atomic E-state index is -1.29. The molecule has 2 aliphatic rings. The second-order valence-electron chi connectivity index (χ2n) is 5.77. The molecular formula is C15H14F3NO3. The summed E-state index contributed by atoms with van der Waals surface area (Å²) in [5.41, 5.74) is -0.184. The molecule has 1 aromatic carbocycles. The molecule has 2 fully saturated rings. The average molecular weight is 313 g/mol. The van der Waals surface area contributed by atoms with Crippen LogP contribution in [0.1, 0.15) is 30.9 Å². The highest BCUT2D eigenvalue weighted by Gasteiger charge is 2.51. The van der Waals surface area contributed by atoms with Crippen molar-refractivity contribution in [1.29, 1.82) is 0 Å². The van der Waals surface area contributed by atoms with Gasteiger partial charge in [-0.25, -0.2) is 13.2 Å². The molecule has 1 saturated heterocycles. The number of hydrogen-bond donors (Lipinski definition) is 1. The molecule has 4 nitrogen and oxygen atoms in total. The van der Waals surface area contributed by atoms with Crippen LogP contribution in [-0.2, 0) is 9.59 Å². The fraction of sp³-hybridized carbons (Fsp3) is 0.467. The molecule has 3 atom stereocenters. The van der Waals surface area contributed by atoms with E-state index in [0.29, 0.717) is 25.5 Å². The summed E-state index contributed by atoms with van der Waals surface area (Å²) in [4.78, 5) is 24.5. The molecule has 1 amide bonds. The summed E-state index contributed by atoms with van der Waals surface area (Å²) in [5, 5.41) is 8.89. The normalized spacial score (nSPS) is 27.0. The zero-order chi connectivity index (χ0) is 16.0. The van der Waals surface area contributed by atoms with E-state index in [4.69, 9.17) is 5.11 Å². The highest BCUT2D eigenvalue weighted by atomic mass is 19.2. The molecule has 0 aromatic heterocycles. The van der Waals surface area contributed by atoms with Gasteiger partial charge in [-0.1, -0.05) is 0 Å². The van der Waals surface area contributed by atoms with E-state index in [0.717, 1.165) is 6.07 Å². The van der Waals surface area contributed by atoms with Crippen molar-refractivity contribution < 1.29 is 27.9 Å². The molecule has 1 aromatic rings. The summed E-state index contributed by atoms with van der Waals surface area (Å²) in [6.45, 7) is 0.337. The van der Waals surface area contributed by atoms with Gasteiger partial charge in [-0.2, -0.15) is 0 Å². The van der Waals surface area contributed by atoms with Crippen LogP contribution in [0.3, 0.4) is 0 Å². The third-order valence-corrected chi connectivity index (χ3v) is 4.34. The van der Waals surface area contributed by atoms with Gasteiger partial charge in [-0.15, -0.1) is 0 Å². The van der Waals surface area contributed by atoms with Crippen LogP contribution >= 0.6 is 0 Å². The largest absolute Gasteiger partial charge is 0.481 e. The molecule has 118 valence electrons. The first-order valence-electron chi connectivity index (χ1n) is 7.08. The summed E-state index contributed by atoms with van der Waals surface area (Å²) >= 11 is 0. The highest BCUT2D eigenvalue weighted by Crippen LogP contribution is 2.44. The Balaban J connectivity index is 1.85. The van der Waals surface area contributed by atoms with E-state index in [1.807, 2.05) is 0 Å². The number of halogens is 3. The fourth-order valence-corrected chi connectivity index (χ4v) is 3.13. The average Bonchev–Trinajstić information content (AvgIpc) is 3.12. The van der Waals surface area contributed by atoms with Gasteiger partial charge in [0, 0.05) is 18.2 Å². The number of amides is 1. The summed E-state index contributed by atoms with van der Waals surface area (Å²) in [7, 11) is 0. The first kappa shape index (κ1) is 14.9. The van der Waals surface area contributed by atoms with Crippen LogP contribution < -0.4 is 0 Å². The number of rotatable bonds is 3. The van der Waals surface area contributed by atoms with Crippen LogP contribution in [0.2, 0.25) is 0 Å². The van der Waals surface area contributed by atoms with Gasteiger partial charge < -0.3 is 10.0 Å². The number of likely N-dealkylation sites (tertiary alicyclic amines) is 1. The lowest BCUT2D eigenvalue weighted by Gasteiger charge is -2.25. The quantitative estimate of drug-likeness (QED) is 0.872. The molecular weight excluding hydrogens is 299 g/mol.